The van der Waals surface area contributed by atoms with Crippen LogP contribution in [-0.4, -0.2) is 42.0 Å². The number of amides is 1. The fourth-order valence-electron chi connectivity index (χ4n) is 3.73. The second-order valence-corrected chi connectivity index (χ2v) is 6.79. The van der Waals surface area contributed by atoms with Crippen LogP contribution >= 0.6 is 0 Å². The molecule has 132 valence electrons. The topological polar surface area (TPSA) is 36.4 Å². The summed E-state index contributed by atoms with van der Waals surface area (Å²) in [7, 11) is 0. The molecule has 1 fully saturated rings. The third-order valence-electron chi connectivity index (χ3n) is 5.12. The van der Waals surface area contributed by atoms with Crippen molar-refractivity contribution in [2.75, 3.05) is 31.1 Å². The number of hydrogen-bond donors (Lipinski definition) is 0. The summed E-state index contributed by atoms with van der Waals surface area (Å²) in [5.41, 5.74) is 4.18. The normalized spacial score (nSPS) is 15.1. The van der Waals surface area contributed by atoms with Crippen LogP contribution in [0.3, 0.4) is 0 Å². The summed E-state index contributed by atoms with van der Waals surface area (Å²) in [6.07, 6.45) is 2.70. The molecule has 0 unspecified atom stereocenters. The Hall–Kier alpha value is -2.88. The summed E-state index contributed by atoms with van der Waals surface area (Å²) in [5, 5.41) is 0.931. The van der Waals surface area contributed by atoms with Crippen molar-refractivity contribution in [2.24, 2.45) is 0 Å². The lowest BCUT2D eigenvalue weighted by Crippen LogP contribution is -2.35. The van der Waals surface area contributed by atoms with E-state index < -0.39 is 0 Å². The van der Waals surface area contributed by atoms with Gasteiger partial charge in [0.15, 0.2) is 0 Å². The van der Waals surface area contributed by atoms with Gasteiger partial charge in [-0.2, -0.15) is 0 Å². The molecule has 0 saturated carbocycles. The maximum absolute atomic E-state index is 13.2. The molecule has 26 heavy (non-hydrogen) atoms. The molecule has 4 heteroatoms. The maximum Gasteiger partial charge on any atom is 0.254 e. The lowest BCUT2D eigenvalue weighted by Gasteiger charge is -2.25. The number of aromatic nitrogens is 1. The second kappa shape index (κ2) is 7.16. The standard InChI is InChI=1S/C22H23N3O/c1-17-7-2-5-10-21(17)24-13-6-14-25(16-15-24)22(26)19-11-12-23-20-9-4-3-8-18(19)20/h2-5,7-12H,6,13-16H2,1H3. The van der Waals surface area contributed by atoms with Crippen LogP contribution in [0.2, 0.25) is 0 Å². The summed E-state index contributed by atoms with van der Waals surface area (Å²) >= 11 is 0. The van der Waals surface area contributed by atoms with Crippen molar-refractivity contribution in [3.63, 3.8) is 0 Å². The number of rotatable bonds is 2. The van der Waals surface area contributed by atoms with Gasteiger partial charge in [0, 0.05) is 43.4 Å². The van der Waals surface area contributed by atoms with Gasteiger partial charge in [-0.15, -0.1) is 0 Å². The van der Waals surface area contributed by atoms with Gasteiger partial charge in [0.1, 0.15) is 0 Å². The smallest absolute Gasteiger partial charge is 0.254 e. The molecule has 1 aromatic heterocycles. The summed E-state index contributed by atoms with van der Waals surface area (Å²) in [5.74, 6) is 0.107. The Kier molecular flexibility index (Phi) is 4.57. The SMILES string of the molecule is Cc1ccccc1N1CCCN(C(=O)c2ccnc3ccccc23)CC1. The number of fused-ring (bicyclic) bond motifs is 1. The highest BCUT2D eigenvalue weighted by molar-refractivity contribution is 6.06. The number of carbonyl (C=O) groups is 1. The number of aryl methyl sites for hydroxylation is 1. The quantitative estimate of drug-likeness (QED) is 0.707. The number of hydrogen-bond acceptors (Lipinski definition) is 3. The second-order valence-electron chi connectivity index (χ2n) is 6.79. The first kappa shape index (κ1) is 16.6. The number of carbonyl (C=O) groups excluding carboxylic acids is 1. The van der Waals surface area contributed by atoms with Crippen LogP contribution in [0.4, 0.5) is 5.69 Å². The Morgan fingerprint density at radius 1 is 0.923 bits per heavy atom. The van der Waals surface area contributed by atoms with E-state index in [0.717, 1.165) is 49.1 Å². The van der Waals surface area contributed by atoms with E-state index in [4.69, 9.17) is 0 Å². The first-order valence-corrected chi connectivity index (χ1v) is 9.17. The molecule has 4 rings (SSSR count). The van der Waals surface area contributed by atoms with Crippen LogP contribution < -0.4 is 4.90 Å². The molecule has 2 aromatic carbocycles. The minimum absolute atomic E-state index is 0.107. The number of pyridine rings is 1. The Balaban J connectivity index is 1.55. The lowest BCUT2D eigenvalue weighted by atomic mass is 10.1. The van der Waals surface area contributed by atoms with Crippen LogP contribution in [-0.2, 0) is 0 Å². The van der Waals surface area contributed by atoms with Crippen molar-refractivity contribution in [1.29, 1.82) is 0 Å². The first-order valence-electron chi connectivity index (χ1n) is 9.17. The van der Waals surface area contributed by atoms with Gasteiger partial charge in [0.05, 0.1) is 11.1 Å². The summed E-state index contributed by atoms with van der Waals surface area (Å²) in [6, 6.07) is 18.2. The lowest BCUT2D eigenvalue weighted by molar-refractivity contribution is 0.0769. The van der Waals surface area contributed by atoms with Crippen molar-refractivity contribution in [2.45, 2.75) is 13.3 Å². The average Bonchev–Trinajstić information content (AvgIpc) is 2.93. The minimum Gasteiger partial charge on any atom is -0.369 e. The average molecular weight is 345 g/mol. The zero-order chi connectivity index (χ0) is 17.9. The number of para-hydroxylation sites is 2. The van der Waals surface area contributed by atoms with Gasteiger partial charge >= 0.3 is 0 Å². The molecule has 4 nitrogen and oxygen atoms in total. The molecule has 0 N–H and O–H groups in total. The Morgan fingerprint density at radius 3 is 2.62 bits per heavy atom. The monoisotopic (exact) mass is 345 g/mol. The van der Waals surface area contributed by atoms with Crippen molar-refractivity contribution in [3.8, 4) is 0 Å². The highest BCUT2D eigenvalue weighted by Gasteiger charge is 2.22. The number of anilines is 1. The van der Waals surface area contributed by atoms with Crippen LogP contribution in [0.5, 0.6) is 0 Å². The van der Waals surface area contributed by atoms with Crippen LogP contribution in [0.1, 0.15) is 22.3 Å². The largest absolute Gasteiger partial charge is 0.369 e. The zero-order valence-electron chi connectivity index (χ0n) is 15.1. The Morgan fingerprint density at radius 2 is 1.73 bits per heavy atom. The van der Waals surface area contributed by atoms with Gasteiger partial charge in [0.2, 0.25) is 0 Å². The molecule has 2 heterocycles. The zero-order valence-corrected chi connectivity index (χ0v) is 15.1. The van der Waals surface area contributed by atoms with Gasteiger partial charge in [-0.3, -0.25) is 9.78 Å². The van der Waals surface area contributed by atoms with Gasteiger partial charge < -0.3 is 9.80 Å². The van der Waals surface area contributed by atoms with Gasteiger partial charge in [-0.05, 0) is 37.1 Å². The highest BCUT2D eigenvalue weighted by atomic mass is 16.2. The van der Waals surface area contributed by atoms with Crippen molar-refractivity contribution in [1.82, 2.24) is 9.88 Å². The van der Waals surface area contributed by atoms with E-state index in [2.05, 4.69) is 41.1 Å². The van der Waals surface area contributed by atoms with Crippen LogP contribution in [0, 0.1) is 6.92 Å². The minimum atomic E-state index is 0.107. The van der Waals surface area contributed by atoms with Crippen molar-refractivity contribution < 1.29 is 4.79 Å². The molecule has 0 bridgehead atoms. The molecule has 1 saturated heterocycles. The number of benzene rings is 2. The van der Waals surface area contributed by atoms with Crippen LogP contribution in [0.25, 0.3) is 10.9 Å². The molecular formula is C22H23N3O. The summed E-state index contributed by atoms with van der Waals surface area (Å²) in [4.78, 5) is 21.9. The van der Waals surface area contributed by atoms with Gasteiger partial charge in [-0.1, -0.05) is 36.4 Å². The third-order valence-corrected chi connectivity index (χ3v) is 5.12. The molecule has 0 atom stereocenters. The Labute approximate surface area is 154 Å². The van der Waals surface area contributed by atoms with Crippen molar-refractivity contribution >= 4 is 22.5 Å². The van der Waals surface area contributed by atoms with Gasteiger partial charge in [-0.25, -0.2) is 0 Å². The maximum atomic E-state index is 13.2. The molecule has 1 aliphatic heterocycles. The molecular weight excluding hydrogens is 322 g/mol. The molecule has 0 radical (unpaired) electrons. The van der Waals surface area contributed by atoms with E-state index >= 15 is 0 Å². The highest BCUT2D eigenvalue weighted by Crippen LogP contribution is 2.22. The van der Waals surface area contributed by atoms with E-state index in [0.29, 0.717) is 0 Å². The fourth-order valence-corrected chi connectivity index (χ4v) is 3.73. The van der Waals surface area contributed by atoms with E-state index in [-0.39, 0.29) is 5.91 Å². The fraction of sp³-hybridized carbons (Fsp3) is 0.273. The number of nitrogens with zero attached hydrogens (tertiary/aromatic N) is 3. The molecule has 1 aliphatic rings. The molecule has 1 amide bonds. The van der Waals surface area contributed by atoms with E-state index in [9.17, 15) is 4.79 Å². The first-order chi connectivity index (χ1) is 12.7. The third kappa shape index (κ3) is 3.15. The molecule has 0 aliphatic carbocycles. The van der Waals surface area contributed by atoms with E-state index in [1.807, 2.05) is 35.2 Å². The molecule has 3 aromatic rings. The predicted molar refractivity (Wildman–Crippen MR) is 106 cm³/mol. The van der Waals surface area contributed by atoms with Gasteiger partial charge in [0.25, 0.3) is 5.91 Å². The van der Waals surface area contributed by atoms with E-state index in [1.54, 1.807) is 6.20 Å². The van der Waals surface area contributed by atoms with Crippen molar-refractivity contribution in [3.05, 3.63) is 71.9 Å². The predicted octanol–water partition coefficient (Wildman–Crippen LogP) is 3.90. The summed E-state index contributed by atoms with van der Waals surface area (Å²) in [6.45, 7) is 5.51. The van der Waals surface area contributed by atoms with Crippen LogP contribution in [0.15, 0.2) is 60.8 Å². The Bertz CT molecular complexity index is 932. The molecule has 0 spiro atoms. The summed E-state index contributed by atoms with van der Waals surface area (Å²) < 4.78 is 0. The van der Waals surface area contributed by atoms with E-state index in [1.165, 1.54) is 11.3 Å².